The molecule has 0 spiro atoms. The average molecular weight is 653 g/mol. The predicted molar refractivity (Wildman–Crippen MR) is 184 cm³/mol. The Kier molecular flexibility index (Phi) is 15.2. The number of nitrogens with one attached hydrogen (secondary N) is 3. The zero-order valence-electron chi connectivity index (χ0n) is 29.1. The van der Waals surface area contributed by atoms with Gasteiger partial charge in [-0.2, -0.15) is 0 Å². The number of methoxy groups -OCH3 is 2. The molecule has 260 valence electrons. The summed E-state index contributed by atoms with van der Waals surface area (Å²) >= 11 is 0. The van der Waals surface area contributed by atoms with Crippen LogP contribution >= 0.6 is 0 Å². The van der Waals surface area contributed by atoms with E-state index in [2.05, 4.69) is 40.2 Å². The molecule has 2 saturated heterocycles. The number of hydrogen-bond acceptors (Lipinski definition) is 9. The number of carbonyl (C=O) groups is 3. The van der Waals surface area contributed by atoms with Gasteiger partial charge in [-0.1, -0.05) is 60.7 Å². The Labute approximate surface area is 281 Å². The lowest BCUT2D eigenvalue weighted by atomic mass is 9.90. The van der Waals surface area contributed by atoms with Gasteiger partial charge in [0.05, 0.1) is 14.2 Å². The van der Waals surface area contributed by atoms with Gasteiger partial charge in [0.2, 0.25) is 0 Å². The van der Waals surface area contributed by atoms with Crippen LogP contribution < -0.4 is 16.0 Å². The number of hydrogen-bond donors (Lipinski definition) is 3. The number of esters is 2. The molecule has 2 aliphatic heterocycles. The Morgan fingerprint density at radius 3 is 1.83 bits per heavy atom. The molecule has 2 heterocycles. The molecule has 2 unspecified atom stereocenters. The molecule has 2 fully saturated rings. The first-order valence-corrected chi connectivity index (χ1v) is 17.0. The SMILES string of the molecule is COC(=O)C1(CCCNCc2ccccc2)CCCN1.COC(=O)C1(CCCNCc2ccccc2)CCCN1C(=O)OC(C)(C)C. The fourth-order valence-electron chi connectivity index (χ4n) is 6.40. The summed E-state index contributed by atoms with van der Waals surface area (Å²) in [6.07, 6.45) is 6.00. The van der Waals surface area contributed by atoms with E-state index in [4.69, 9.17) is 14.2 Å². The van der Waals surface area contributed by atoms with Crippen LogP contribution in [0.3, 0.4) is 0 Å². The van der Waals surface area contributed by atoms with Gasteiger partial charge in [-0.3, -0.25) is 9.69 Å². The number of likely N-dealkylation sites (tertiary alicyclic amines) is 1. The maximum absolute atomic E-state index is 12.7. The molecule has 4 rings (SSSR count). The highest BCUT2D eigenvalue weighted by atomic mass is 16.6. The molecule has 0 radical (unpaired) electrons. The normalized spacial score (nSPS) is 20.7. The number of ether oxygens (including phenoxy) is 3. The smallest absolute Gasteiger partial charge is 0.411 e. The second-order valence-corrected chi connectivity index (χ2v) is 13.4. The van der Waals surface area contributed by atoms with E-state index in [1.54, 1.807) is 4.90 Å². The summed E-state index contributed by atoms with van der Waals surface area (Å²) in [5.74, 6) is -0.466. The maximum Gasteiger partial charge on any atom is 0.411 e. The van der Waals surface area contributed by atoms with Crippen LogP contribution in [0.4, 0.5) is 4.79 Å². The quantitative estimate of drug-likeness (QED) is 0.141. The second-order valence-electron chi connectivity index (χ2n) is 13.4. The first kappa shape index (κ1) is 38.0. The highest BCUT2D eigenvalue weighted by Gasteiger charge is 2.51. The highest BCUT2D eigenvalue weighted by molar-refractivity contribution is 5.86. The van der Waals surface area contributed by atoms with Crippen LogP contribution in [-0.4, -0.2) is 80.0 Å². The van der Waals surface area contributed by atoms with E-state index in [9.17, 15) is 14.4 Å². The summed E-state index contributed by atoms with van der Waals surface area (Å²) in [5, 5.41) is 10.1. The number of amides is 1. The third-order valence-corrected chi connectivity index (χ3v) is 8.73. The van der Waals surface area contributed by atoms with Crippen molar-refractivity contribution in [1.82, 2.24) is 20.9 Å². The first-order chi connectivity index (χ1) is 22.5. The van der Waals surface area contributed by atoms with Crippen LogP contribution in [-0.2, 0) is 36.9 Å². The molecule has 2 atom stereocenters. The molecule has 0 aromatic heterocycles. The topological polar surface area (TPSA) is 118 Å². The van der Waals surface area contributed by atoms with Crippen LogP contribution in [0.15, 0.2) is 60.7 Å². The van der Waals surface area contributed by atoms with Gasteiger partial charge in [0.1, 0.15) is 16.7 Å². The summed E-state index contributed by atoms with van der Waals surface area (Å²) in [6.45, 7) is 10.2. The summed E-state index contributed by atoms with van der Waals surface area (Å²) in [5.41, 5.74) is 0.540. The monoisotopic (exact) mass is 652 g/mol. The lowest BCUT2D eigenvalue weighted by molar-refractivity contribution is -0.153. The lowest BCUT2D eigenvalue weighted by Crippen LogP contribution is -2.55. The zero-order valence-corrected chi connectivity index (χ0v) is 29.1. The summed E-state index contributed by atoms with van der Waals surface area (Å²) < 4.78 is 15.5. The van der Waals surface area contributed by atoms with E-state index < -0.39 is 22.8 Å². The summed E-state index contributed by atoms with van der Waals surface area (Å²) in [7, 11) is 2.85. The number of benzene rings is 2. The first-order valence-electron chi connectivity index (χ1n) is 17.0. The van der Waals surface area contributed by atoms with E-state index in [-0.39, 0.29) is 11.9 Å². The third kappa shape index (κ3) is 11.6. The molecule has 3 N–H and O–H groups in total. The highest BCUT2D eigenvalue weighted by Crippen LogP contribution is 2.36. The Balaban J connectivity index is 0.000000267. The molecule has 0 bridgehead atoms. The van der Waals surface area contributed by atoms with Gasteiger partial charge in [-0.05, 0) is 103 Å². The Hall–Kier alpha value is -3.47. The largest absolute Gasteiger partial charge is 0.468 e. The van der Waals surface area contributed by atoms with Crippen molar-refractivity contribution in [3.63, 3.8) is 0 Å². The summed E-state index contributed by atoms with van der Waals surface area (Å²) in [4.78, 5) is 38.7. The van der Waals surface area contributed by atoms with E-state index in [1.165, 1.54) is 25.3 Å². The minimum absolute atomic E-state index is 0.113. The van der Waals surface area contributed by atoms with Gasteiger partial charge in [0.25, 0.3) is 0 Å². The molecule has 1 amide bonds. The van der Waals surface area contributed by atoms with Gasteiger partial charge < -0.3 is 30.2 Å². The Morgan fingerprint density at radius 1 is 0.787 bits per heavy atom. The molecule has 2 aliphatic rings. The second kappa shape index (κ2) is 18.8. The average Bonchev–Trinajstić information content (AvgIpc) is 3.73. The van der Waals surface area contributed by atoms with Crippen molar-refractivity contribution < 1.29 is 28.6 Å². The fourth-order valence-corrected chi connectivity index (χ4v) is 6.40. The van der Waals surface area contributed by atoms with Crippen LogP contribution in [0, 0.1) is 0 Å². The van der Waals surface area contributed by atoms with E-state index in [0.717, 1.165) is 71.2 Å². The van der Waals surface area contributed by atoms with Gasteiger partial charge in [0, 0.05) is 19.6 Å². The number of rotatable bonds is 14. The van der Waals surface area contributed by atoms with Gasteiger partial charge in [-0.15, -0.1) is 0 Å². The number of carbonyl (C=O) groups excluding carboxylic acids is 3. The van der Waals surface area contributed by atoms with Crippen molar-refractivity contribution in [1.29, 1.82) is 0 Å². The van der Waals surface area contributed by atoms with Gasteiger partial charge in [-0.25, -0.2) is 9.59 Å². The van der Waals surface area contributed by atoms with Crippen molar-refractivity contribution in [2.75, 3.05) is 40.4 Å². The lowest BCUT2D eigenvalue weighted by Gasteiger charge is -2.37. The van der Waals surface area contributed by atoms with Crippen molar-refractivity contribution in [2.45, 2.75) is 102 Å². The Morgan fingerprint density at radius 2 is 1.34 bits per heavy atom. The number of nitrogens with zero attached hydrogens (tertiary/aromatic N) is 1. The fraction of sp³-hybridized carbons (Fsp3) is 0.595. The minimum Gasteiger partial charge on any atom is -0.468 e. The molecule has 47 heavy (non-hydrogen) atoms. The molecule has 2 aromatic rings. The van der Waals surface area contributed by atoms with Crippen LogP contribution in [0.1, 0.15) is 83.3 Å². The molecule has 2 aromatic carbocycles. The molecular formula is C37H56N4O6. The third-order valence-electron chi connectivity index (χ3n) is 8.73. The van der Waals surface area contributed by atoms with Crippen LogP contribution in [0.5, 0.6) is 0 Å². The van der Waals surface area contributed by atoms with Crippen molar-refractivity contribution in [3.05, 3.63) is 71.8 Å². The Bertz CT molecular complexity index is 1230. The van der Waals surface area contributed by atoms with Gasteiger partial charge >= 0.3 is 18.0 Å². The molecular weight excluding hydrogens is 596 g/mol. The maximum atomic E-state index is 12.7. The predicted octanol–water partition coefficient (Wildman–Crippen LogP) is 5.35. The summed E-state index contributed by atoms with van der Waals surface area (Å²) in [6, 6.07) is 20.5. The van der Waals surface area contributed by atoms with Crippen LogP contribution in [0.2, 0.25) is 0 Å². The minimum atomic E-state index is -0.925. The standard InChI is InChI=1S/C21H32N2O4.C16H24N2O2/c1-20(2,3)27-19(25)23-15-9-13-21(23,18(24)26-4)12-8-14-22-16-17-10-6-5-7-11-17;1-20-15(19)16(10-6-12-18-16)9-5-11-17-13-14-7-3-2-4-8-14/h5-7,10-11,22H,8-9,12-16H2,1-4H3;2-4,7-8,17-18H,5-6,9-13H2,1H3. The van der Waals surface area contributed by atoms with E-state index in [1.807, 2.05) is 57.2 Å². The molecule has 10 heteroatoms. The van der Waals surface area contributed by atoms with Crippen LogP contribution in [0.25, 0.3) is 0 Å². The van der Waals surface area contributed by atoms with E-state index >= 15 is 0 Å². The molecule has 0 aliphatic carbocycles. The molecule has 0 saturated carbocycles. The van der Waals surface area contributed by atoms with Crippen molar-refractivity contribution in [3.8, 4) is 0 Å². The van der Waals surface area contributed by atoms with E-state index in [0.29, 0.717) is 19.4 Å². The van der Waals surface area contributed by atoms with Crippen molar-refractivity contribution in [2.24, 2.45) is 0 Å². The van der Waals surface area contributed by atoms with Crippen molar-refractivity contribution >= 4 is 18.0 Å². The molecule has 10 nitrogen and oxygen atoms in total. The van der Waals surface area contributed by atoms with Gasteiger partial charge in [0.15, 0.2) is 0 Å². The zero-order chi connectivity index (χ0) is 34.2.